The van der Waals surface area contributed by atoms with Gasteiger partial charge >= 0.3 is 6.09 Å². The predicted octanol–water partition coefficient (Wildman–Crippen LogP) is 5.62. The number of nitrogens with two attached hydrogens (primary N) is 1. The molecule has 3 aromatic rings. The van der Waals surface area contributed by atoms with E-state index in [2.05, 4.69) is 20.3 Å². The SMILES string of the molecule is Cc1nc(Oc2cc(F)c(N)c(F)c2)c(-c2ccnc(N[C@@H]3CN(C(=O)OC(C)(C)C)CC(F)(F)C3)n2)s1. The topological polar surface area (TPSA) is 115 Å². The highest BCUT2D eigenvalue weighted by Crippen LogP contribution is 2.38. The summed E-state index contributed by atoms with van der Waals surface area (Å²) < 4.78 is 67.6. The largest absolute Gasteiger partial charge is 0.444 e. The van der Waals surface area contributed by atoms with Gasteiger partial charge in [0, 0.05) is 31.3 Å². The van der Waals surface area contributed by atoms with Gasteiger partial charge in [-0.25, -0.2) is 37.3 Å². The number of carbonyl (C=O) groups is 1. The van der Waals surface area contributed by atoms with Gasteiger partial charge in [-0.2, -0.15) is 0 Å². The van der Waals surface area contributed by atoms with Gasteiger partial charge in [0.1, 0.15) is 21.9 Å². The first kappa shape index (κ1) is 27.4. The van der Waals surface area contributed by atoms with Crippen molar-refractivity contribution in [2.75, 3.05) is 24.1 Å². The highest BCUT2D eigenvalue weighted by molar-refractivity contribution is 7.15. The highest BCUT2D eigenvalue weighted by Gasteiger charge is 2.43. The molecule has 3 heterocycles. The molecule has 1 fully saturated rings. The van der Waals surface area contributed by atoms with Crippen molar-refractivity contribution in [3.63, 3.8) is 0 Å². The Labute approximate surface area is 220 Å². The number of hydrogen-bond donors (Lipinski definition) is 2. The number of nitrogen functional groups attached to an aromatic ring is 1. The van der Waals surface area contributed by atoms with Gasteiger partial charge in [0.2, 0.25) is 11.8 Å². The molecule has 0 aliphatic carbocycles. The van der Waals surface area contributed by atoms with Crippen molar-refractivity contribution in [1.29, 1.82) is 0 Å². The third-order valence-electron chi connectivity index (χ3n) is 5.25. The Morgan fingerprint density at radius 2 is 1.92 bits per heavy atom. The smallest absolute Gasteiger partial charge is 0.410 e. The second-order valence-electron chi connectivity index (χ2n) is 9.80. The third kappa shape index (κ3) is 6.60. The van der Waals surface area contributed by atoms with Crippen LogP contribution in [0.2, 0.25) is 0 Å². The first-order valence-electron chi connectivity index (χ1n) is 11.5. The van der Waals surface area contributed by atoms with Crippen molar-refractivity contribution in [3.8, 4) is 22.2 Å². The minimum atomic E-state index is -3.15. The van der Waals surface area contributed by atoms with Gasteiger partial charge in [0.15, 0.2) is 11.6 Å². The fourth-order valence-corrected chi connectivity index (χ4v) is 4.59. The number of thiazole rings is 1. The summed E-state index contributed by atoms with van der Waals surface area (Å²) in [5.41, 5.74) is 4.19. The molecule has 1 aliphatic heterocycles. The number of halogens is 4. The zero-order chi connectivity index (χ0) is 27.8. The van der Waals surface area contributed by atoms with E-state index in [0.29, 0.717) is 15.6 Å². The quantitative estimate of drug-likeness (QED) is 0.309. The number of amides is 1. The summed E-state index contributed by atoms with van der Waals surface area (Å²) in [6.07, 6.45) is 0.0386. The molecule has 204 valence electrons. The van der Waals surface area contributed by atoms with E-state index >= 15 is 0 Å². The number of likely N-dealkylation sites (tertiary alicyclic amines) is 1. The summed E-state index contributed by atoms with van der Waals surface area (Å²) in [6, 6.07) is 2.56. The molecule has 4 rings (SSSR count). The molecule has 0 bridgehead atoms. The molecule has 1 aliphatic rings. The van der Waals surface area contributed by atoms with Crippen molar-refractivity contribution in [2.45, 2.75) is 51.7 Å². The van der Waals surface area contributed by atoms with E-state index in [0.717, 1.165) is 17.0 Å². The molecular weight excluding hydrogens is 528 g/mol. The van der Waals surface area contributed by atoms with Crippen LogP contribution in [0.3, 0.4) is 0 Å². The second kappa shape index (κ2) is 10.2. The van der Waals surface area contributed by atoms with Crippen LogP contribution in [0, 0.1) is 18.6 Å². The van der Waals surface area contributed by atoms with Gasteiger partial charge in [0.05, 0.1) is 23.3 Å². The standard InChI is InChI=1S/C24H26F4N6O3S/c1-12-31-20(36-14-7-15(25)18(29)16(26)8-14)19(38-12)17-5-6-30-21(33-17)32-13-9-24(27,28)11-34(10-13)22(35)37-23(2,3)4/h5-8,13H,9-11,29H2,1-4H3,(H,30,32,33)/t13-/m0/s1. The molecular formula is C24H26F4N6O3S. The Kier molecular flexibility index (Phi) is 7.37. The Morgan fingerprint density at radius 1 is 1.24 bits per heavy atom. The molecule has 0 spiro atoms. The van der Waals surface area contributed by atoms with Crippen LogP contribution in [-0.2, 0) is 4.74 Å². The first-order valence-corrected chi connectivity index (χ1v) is 12.4. The molecule has 38 heavy (non-hydrogen) atoms. The molecule has 0 saturated carbocycles. The van der Waals surface area contributed by atoms with E-state index in [1.807, 2.05) is 0 Å². The van der Waals surface area contributed by atoms with E-state index in [1.165, 1.54) is 17.5 Å². The van der Waals surface area contributed by atoms with Crippen LogP contribution in [-0.4, -0.2) is 56.6 Å². The molecule has 0 unspecified atom stereocenters. The average Bonchev–Trinajstić information content (AvgIpc) is 3.15. The van der Waals surface area contributed by atoms with Crippen molar-refractivity contribution in [2.24, 2.45) is 0 Å². The number of alkyl halides is 2. The first-order chi connectivity index (χ1) is 17.7. The van der Waals surface area contributed by atoms with Crippen molar-refractivity contribution < 1.29 is 31.8 Å². The molecule has 2 aromatic heterocycles. The van der Waals surface area contributed by atoms with Crippen LogP contribution in [0.25, 0.3) is 10.6 Å². The normalized spacial score (nSPS) is 17.3. The minimum Gasteiger partial charge on any atom is -0.444 e. The van der Waals surface area contributed by atoms with Crippen LogP contribution >= 0.6 is 11.3 Å². The number of benzene rings is 1. The molecule has 1 aromatic carbocycles. The number of rotatable bonds is 5. The summed E-state index contributed by atoms with van der Waals surface area (Å²) in [5, 5.41) is 3.45. The zero-order valence-electron chi connectivity index (χ0n) is 21.0. The Hall–Kier alpha value is -3.68. The number of hydrogen-bond acceptors (Lipinski definition) is 9. The maximum absolute atomic E-state index is 14.5. The summed E-state index contributed by atoms with van der Waals surface area (Å²) >= 11 is 1.21. The molecule has 1 amide bonds. The molecule has 14 heteroatoms. The number of aryl methyl sites for hydroxylation is 1. The number of piperidine rings is 1. The summed E-state index contributed by atoms with van der Waals surface area (Å²) in [7, 11) is 0. The Balaban J connectivity index is 1.55. The molecule has 3 N–H and O–H groups in total. The van der Waals surface area contributed by atoms with E-state index < -0.39 is 53.9 Å². The number of aromatic nitrogens is 3. The number of carbonyl (C=O) groups excluding carboxylic acids is 1. The summed E-state index contributed by atoms with van der Waals surface area (Å²) in [5.74, 6) is -5.18. The molecule has 0 radical (unpaired) electrons. The van der Waals surface area contributed by atoms with Crippen molar-refractivity contribution in [3.05, 3.63) is 41.0 Å². The third-order valence-corrected chi connectivity index (χ3v) is 6.23. The lowest BCUT2D eigenvalue weighted by Crippen LogP contribution is -2.54. The summed E-state index contributed by atoms with van der Waals surface area (Å²) in [6.45, 7) is 5.87. The number of nitrogens with one attached hydrogen (secondary N) is 1. The van der Waals surface area contributed by atoms with Crippen LogP contribution < -0.4 is 15.8 Å². The van der Waals surface area contributed by atoms with Gasteiger partial charge in [0.25, 0.3) is 5.92 Å². The van der Waals surface area contributed by atoms with E-state index in [4.69, 9.17) is 15.2 Å². The lowest BCUT2D eigenvalue weighted by molar-refractivity contribution is -0.0723. The number of anilines is 2. The van der Waals surface area contributed by atoms with Gasteiger partial charge in [-0.3, -0.25) is 0 Å². The number of ether oxygens (including phenoxy) is 2. The second-order valence-corrected chi connectivity index (χ2v) is 11.0. The van der Waals surface area contributed by atoms with Crippen LogP contribution in [0.15, 0.2) is 24.4 Å². The van der Waals surface area contributed by atoms with Gasteiger partial charge in [-0.05, 0) is 33.8 Å². The minimum absolute atomic E-state index is 0.0379. The lowest BCUT2D eigenvalue weighted by atomic mass is 10.0. The average molecular weight is 555 g/mol. The molecule has 9 nitrogen and oxygen atoms in total. The van der Waals surface area contributed by atoms with Gasteiger partial charge < -0.3 is 25.4 Å². The van der Waals surface area contributed by atoms with Gasteiger partial charge in [-0.15, -0.1) is 11.3 Å². The lowest BCUT2D eigenvalue weighted by Gasteiger charge is -2.38. The van der Waals surface area contributed by atoms with E-state index in [9.17, 15) is 22.4 Å². The zero-order valence-corrected chi connectivity index (χ0v) is 21.8. The van der Waals surface area contributed by atoms with Crippen LogP contribution in [0.1, 0.15) is 32.2 Å². The predicted molar refractivity (Wildman–Crippen MR) is 134 cm³/mol. The van der Waals surface area contributed by atoms with Crippen molar-refractivity contribution >= 4 is 29.1 Å². The van der Waals surface area contributed by atoms with Crippen LogP contribution in [0.5, 0.6) is 11.6 Å². The van der Waals surface area contributed by atoms with Gasteiger partial charge in [-0.1, -0.05) is 0 Å². The monoisotopic (exact) mass is 554 g/mol. The maximum atomic E-state index is 14.5. The van der Waals surface area contributed by atoms with Crippen LogP contribution in [0.4, 0.5) is 34.0 Å². The maximum Gasteiger partial charge on any atom is 0.410 e. The fraction of sp³-hybridized carbons (Fsp3) is 0.417. The van der Waals surface area contributed by atoms with E-state index in [1.54, 1.807) is 33.8 Å². The molecule has 1 saturated heterocycles. The van der Waals surface area contributed by atoms with E-state index in [-0.39, 0.29) is 24.1 Å². The van der Waals surface area contributed by atoms with Crippen molar-refractivity contribution in [1.82, 2.24) is 19.9 Å². The summed E-state index contributed by atoms with van der Waals surface area (Å²) in [4.78, 5) is 26.6. The Morgan fingerprint density at radius 3 is 2.58 bits per heavy atom. The number of nitrogens with zero attached hydrogens (tertiary/aromatic N) is 4. The Bertz CT molecular complexity index is 1320. The fourth-order valence-electron chi connectivity index (χ4n) is 3.77. The molecule has 1 atom stereocenters. The highest BCUT2D eigenvalue weighted by atomic mass is 32.1.